The molecule has 0 unspecified atom stereocenters. The van der Waals surface area contributed by atoms with E-state index in [0.29, 0.717) is 0 Å². The van der Waals surface area contributed by atoms with Crippen molar-refractivity contribution in [2.45, 2.75) is 0 Å². The second-order valence-electron chi connectivity index (χ2n) is 0.283. The van der Waals surface area contributed by atoms with Crippen LogP contribution in [0.15, 0.2) is 0 Å². The van der Waals surface area contributed by atoms with Gasteiger partial charge in [-0.3, -0.25) is 0 Å². The summed E-state index contributed by atoms with van der Waals surface area (Å²) in [5.41, 5.74) is 0. The predicted octanol–water partition coefficient (Wildman–Crippen LogP) is -2.64. The van der Waals surface area contributed by atoms with Gasteiger partial charge in [-0.2, -0.15) is 0 Å². The van der Waals surface area contributed by atoms with Crippen molar-refractivity contribution in [3.63, 3.8) is 0 Å². The fraction of sp³-hybridized carbons (Fsp3) is 0. The number of hydrogen-bond donors (Lipinski definition) is 2. The molecule has 0 radical (unpaired) electrons. The van der Waals surface area contributed by atoms with E-state index in [4.69, 9.17) is 15.0 Å². The Morgan fingerprint density at radius 2 is 1.12 bits per heavy atom. The standard InChI is InChI=1S/CH2O3.2Al.Ca.ClH.8H/c2-1(3)4;;;;;;;;;;;;/h(H2,2,3,4);;;;1H;;;;;;;;. The summed E-state index contributed by atoms with van der Waals surface area (Å²) in [6, 6.07) is 0. The van der Waals surface area contributed by atoms with Crippen LogP contribution in [0.5, 0.6) is 0 Å². The van der Waals surface area contributed by atoms with Gasteiger partial charge in [-0.05, 0) is 0 Å². The Labute approximate surface area is 105 Å². The first-order valence-electron chi connectivity index (χ1n) is 0.651. The SMILES string of the molecule is Cl.O=C(O)O.[AlH3].[AlH3].[CaH2]. The molecule has 0 aromatic rings. The third-order valence-corrected chi connectivity index (χ3v) is 0. The minimum absolute atomic E-state index is 0. The molecule has 0 rings (SSSR count). The maximum atomic E-state index is 8.56. The first kappa shape index (κ1) is 32.7. The van der Waals surface area contributed by atoms with Gasteiger partial charge in [0.05, 0.1) is 0 Å². The third kappa shape index (κ3) is 105. The van der Waals surface area contributed by atoms with Crippen molar-refractivity contribution in [2.24, 2.45) is 0 Å². The summed E-state index contributed by atoms with van der Waals surface area (Å²) in [7, 11) is 0. The Balaban J connectivity index is -0.00000000750. The van der Waals surface area contributed by atoms with E-state index in [1.807, 2.05) is 0 Å². The molecule has 0 spiro atoms. The van der Waals surface area contributed by atoms with Gasteiger partial charge in [0.15, 0.2) is 34.7 Å². The van der Waals surface area contributed by atoms with Crippen molar-refractivity contribution in [2.75, 3.05) is 0 Å². The molecule has 0 amide bonds. The summed E-state index contributed by atoms with van der Waals surface area (Å²) in [6.45, 7) is 0. The van der Waals surface area contributed by atoms with E-state index >= 15 is 0 Å². The monoisotopic (exact) mass is 200 g/mol. The Hall–Kier alpha value is 1.88. The molecule has 0 atom stereocenters. The summed E-state index contributed by atoms with van der Waals surface area (Å²) in [6.07, 6.45) is -1.83. The predicted molar refractivity (Wildman–Crippen MR) is 46.3 cm³/mol. The molecule has 0 aliphatic carbocycles. The fourth-order valence-corrected chi connectivity index (χ4v) is 0. The minimum atomic E-state index is -1.83. The van der Waals surface area contributed by atoms with Crippen LogP contribution in [0.3, 0.4) is 0 Å². The van der Waals surface area contributed by atoms with Crippen molar-refractivity contribution in [3.05, 3.63) is 0 Å². The average Bonchev–Trinajstić information content (AvgIpc) is 0.811. The van der Waals surface area contributed by atoms with E-state index in [-0.39, 0.29) is 84.9 Å². The summed E-state index contributed by atoms with van der Waals surface area (Å²) < 4.78 is 0. The van der Waals surface area contributed by atoms with Crippen LogP contribution in [0.4, 0.5) is 4.79 Å². The molecule has 0 saturated heterocycles. The second kappa shape index (κ2) is 23.1. The Bertz CT molecular complexity index is 40.3. The summed E-state index contributed by atoms with van der Waals surface area (Å²) in [4.78, 5) is 8.56. The zero-order valence-corrected chi connectivity index (χ0v) is 3.03. The van der Waals surface area contributed by atoms with E-state index in [1.165, 1.54) is 0 Å². The Morgan fingerprint density at radius 3 is 1.12 bits per heavy atom. The molecular formula is CH11Al2CaClO3. The number of rotatable bonds is 0. The molecule has 2 N–H and O–H groups in total. The van der Waals surface area contributed by atoms with Gasteiger partial charge in [0, 0.05) is 0 Å². The molecule has 0 fully saturated rings. The van der Waals surface area contributed by atoms with E-state index in [9.17, 15) is 0 Å². The second-order valence-corrected chi connectivity index (χ2v) is 0.283. The molecule has 0 heterocycles. The molecule has 0 aromatic carbocycles. The van der Waals surface area contributed by atoms with Gasteiger partial charge in [-0.1, -0.05) is 0 Å². The van der Waals surface area contributed by atoms with Crippen molar-refractivity contribution < 1.29 is 15.0 Å². The number of halogens is 1. The van der Waals surface area contributed by atoms with Gasteiger partial charge in [-0.15, -0.1) is 12.4 Å². The van der Waals surface area contributed by atoms with Crippen LogP contribution in [0.2, 0.25) is 0 Å². The molecular weight excluding hydrogens is 190 g/mol. The van der Waals surface area contributed by atoms with Crippen molar-refractivity contribution >= 4 is 91.0 Å². The van der Waals surface area contributed by atoms with Crippen LogP contribution < -0.4 is 0 Å². The molecule has 0 saturated carbocycles. The zero-order chi connectivity index (χ0) is 3.58. The molecule has 3 nitrogen and oxygen atoms in total. The number of carbonyl (C=O) groups is 1. The van der Waals surface area contributed by atoms with E-state index in [0.717, 1.165) is 0 Å². The van der Waals surface area contributed by atoms with Crippen LogP contribution in [-0.2, 0) is 0 Å². The van der Waals surface area contributed by atoms with Crippen molar-refractivity contribution in [1.82, 2.24) is 0 Å². The fourth-order valence-electron chi connectivity index (χ4n) is 0. The van der Waals surface area contributed by atoms with Gasteiger partial charge in [0.25, 0.3) is 0 Å². The molecule has 8 heavy (non-hydrogen) atoms. The van der Waals surface area contributed by atoms with Gasteiger partial charge in [0.1, 0.15) is 0 Å². The summed E-state index contributed by atoms with van der Waals surface area (Å²) in [5.74, 6) is 0. The third-order valence-electron chi connectivity index (χ3n) is 0. The molecule has 48 valence electrons. The van der Waals surface area contributed by atoms with Crippen LogP contribution in [0.25, 0.3) is 0 Å². The van der Waals surface area contributed by atoms with Crippen LogP contribution in [0.1, 0.15) is 0 Å². The van der Waals surface area contributed by atoms with E-state index in [2.05, 4.69) is 0 Å². The molecule has 0 aliphatic rings. The first-order chi connectivity index (χ1) is 1.73. The van der Waals surface area contributed by atoms with Crippen molar-refractivity contribution in [3.8, 4) is 0 Å². The van der Waals surface area contributed by atoms with Crippen LogP contribution >= 0.6 is 12.4 Å². The van der Waals surface area contributed by atoms with Gasteiger partial charge in [0.2, 0.25) is 0 Å². The van der Waals surface area contributed by atoms with Crippen molar-refractivity contribution in [1.29, 1.82) is 0 Å². The zero-order valence-electron chi connectivity index (χ0n) is 2.21. The van der Waals surface area contributed by atoms with Crippen LogP contribution in [0, 0.1) is 0 Å². The number of carboxylic acid groups (broad SMARTS) is 2. The normalized spacial score (nSPS) is 3.00. The Kier molecular flexibility index (Phi) is 94.6. The molecule has 0 bridgehead atoms. The first-order valence-corrected chi connectivity index (χ1v) is 0.651. The molecule has 0 aromatic heterocycles. The van der Waals surface area contributed by atoms with E-state index < -0.39 is 6.16 Å². The molecule has 0 aliphatic heterocycles. The number of hydrogen-bond acceptors (Lipinski definition) is 1. The average molecular weight is 201 g/mol. The van der Waals surface area contributed by atoms with Crippen LogP contribution in [-0.4, -0.2) is 88.8 Å². The molecule has 7 heteroatoms. The van der Waals surface area contributed by atoms with Gasteiger partial charge < -0.3 is 10.2 Å². The topological polar surface area (TPSA) is 57.5 Å². The van der Waals surface area contributed by atoms with Gasteiger partial charge >= 0.3 is 43.9 Å². The summed E-state index contributed by atoms with van der Waals surface area (Å²) in [5, 5.41) is 13.9. The van der Waals surface area contributed by atoms with Gasteiger partial charge in [-0.25, -0.2) is 4.79 Å². The maximum absolute atomic E-state index is 8.56. The summed E-state index contributed by atoms with van der Waals surface area (Å²) >= 11 is 0. The quantitative estimate of drug-likeness (QED) is 0.421. The van der Waals surface area contributed by atoms with E-state index in [1.54, 1.807) is 0 Å². The Morgan fingerprint density at radius 1 is 1.12 bits per heavy atom.